The molecular weight excluding hydrogens is 330 g/mol. The molecular formula is C20H25N3O3. The number of carbonyl (C=O) groups excluding carboxylic acids is 2. The number of benzene rings is 2. The normalized spacial score (nSPS) is 11.8. The highest BCUT2D eigenvalue weighted by Gasteiger charge is 2.18. The number of hydrogen-bond donors (Lipinski definition) is 3. The minimum absolute atomic E-state index is 0.126. The summed E-state index contributed by atoms with van der Waals surface area (Å²) in [5.41, 5.74) is 2.49. The van der Waals surface area contributed by atoms with E-state index in [0.29, 0.717) is 18.2 Å². The number of quaternary nitrogens is 1. The van der Waals surface area contributed by atoms with Gasteiger partial charge < -0.3 is 25.9 Å². The van der Waals surface area contributed by atoms with E-state index in [-0.39, 0.29) is 12.3 Å². The predicted molar refractivity (Wildman–Crippen MR) is 99.8 cm³/mol. The first-order valence-corrected chi connectivity index (χ1v) is 8.70. The summed E-state index contributed by atoms with van der Waals surface area (Å²) >= 11 is 0. The monoisotopic (exact) mass is 355 g/mol. The van der Waals surface area contributed by atoms with E-state index < -0.39 is 12.0 Å². The van der Waals surface area contributed by atoms with Gasteiger partial charge in [0.15, 0.2) is 0 Å². The van der Waals surface area contributed by atoms with Gasteiger partial charge in [0, 0.05) is 23.0 Å². The summed E-state index contributed by atoms with van der Waals surface area (Å²) in [6.45, 7) is 4.62. The van der Waals surface area contributed by atoms with Crippen molar-refractivity contribution in [3.63, 3.8) is 0 Å². The predicted octanol–water partition coefficient (Wildman–Crippen LogP) is 1.10. The molecule has 0 radical (unpaired) electrons. The van der Waals surface area contributed by atoms with Crippen molar-refractivity contribution in [2.75, 3.05) is 17.2 Å². The number of rotatable bonds is 9. The largest absolute Gasteiger partial charge is 0.544 e. The quantitative estimate of drug-likeness (QED) is 0.627. The first kappa shape index (κ1) is 19.5. The molecule has 0 fully saturated rings. The maximum absolute atomic E-state index is 12.1. The fourth-order valence-corrected chi connectivity index (χ4v) is 2.44. The van der Waals surface area contributed by atoms with Gasteiger partial charge in [-0.2, -0.15) is 0 Å². The van der Waals surface area contributed by atoms with E-state index in [1.165, 1.54) is 0 Å². The van der Waals surface area contributed by atoms with Crippen molar-refractivity contribution in [3.8, 4) is 0 Å². The number of aliphatic carboxylic acids is 1. The Morgan fingerprint density at radius 3 is 2.12 bits per heavy atom. The summed E-state index contributed by atoms with van der Waals surface area (Å²) < 4.78 is 0. The molecule has 0 aromatic heterocycles. The molecule has 6 nitrogen and oxygen atoms in total. The van der Waals surface area contributed by atoms with Crippen LogP contribution in [0.1, 0.15) is 20.3 Å². The van der Waals surface area contributed by atoms with Crippen LogP contribution in [0.15, 0.2) is 54.6 Å². The molecule has 138 valence electrons. The number of nitrogens with two attached hydrogens (primary N) is 1. The molecule has 0 spiro atoms. The molecule has 0 saturated heterocycles. The number of carbonyl (C=O) groups is 2. The molecule has 2 aromatic rings. The zero-order valence-corrected chi connectivity index (χ0v) is 15.1. The molecule has 2 aromatic carbocycles. The highest BCUT2D eigenvalue weighted by Crippen LogP contribution is 2.18. The van der Waals surface area contributed by atoms with Crippen molar-refractivity contribution in [2.24, 2.45) is 5.92 Å². The summed E-state index contributed by atoms with van der Waals surface area (Å²) in [6.07, 6.45) is -0.126. The maximum Gasteiger partial charge on any atom is 0.230 e. The van der Waals surface area contributed by atoms with E-state index in [9.17, 15) is 14.7 Å². The van der Waals surface area contributed by atoms with Crippen LogP contribution in [0.4, 0.5) is 17.1 Å². The van der Waals surface area contributed by atoms with Crippen LogP contribution in [0.3, 0.4) is 0 Å². The Kier molecular flexibility index (Phi) is 7.17. The van der Waals surface area contributed by atoms with E-state index in [4.69, 9.17) is 0 Å². The number of anilines is 3. The van der Waals surface area contributed by atoms with Gasteiger partial charge in [0.25, 0.3) is 0 Å². The molecule has 0 bridgehead atoms. The lowest BCUT2D eigenvalue weighted by atomic mass is 10.1. The second-order valence-corrected chi connectivity index (χ2v) is 6.61. The molecule has 26 heavy (non-hydrogen) atoms. The lowest BCUT2D eigenvalue weighted by Crippen LogP contribution is -2.94. The minimum atomic E-state index is -1.22. The fourth-order valence-electron chi connectivity index (χ4n) is 2.44. The first-order chi connectivity index (χ1) is 12.4. The second kappa shape index (κ2) is 9.58. The van der Waals surface area contributed by atoms with Crippen LogP contribution < -0.4 is 21.1 Å². The van der Waals surface area contributed by atoms with Crippen molar-refractivity contribution in [2.45, 2.75) is 26.3 Å². The Morgan fingerprint density at radius 2 is 1.54 bits per heavy atom. The molecule has 0 aliphatic heterocycles. The Bertz CT molecular complexity index is 715. The van der Waals surface area contributed by atoms with Crippen molar-refractivity contribution in [1.82, 2.24) is 0 Å². The number of hydrogen-bond acceptors (Lipinski definition) is 4. The lowest BCUT2D eigenvalue weighted by molar-refractivity contribution is -0.686. The zero-order chi connectivity index (χ0) is 18.9. The van der Waals surface area contributed by atoms with E-state index in [1.807, 2.05) is 56.3 Å². The van der Waals surface area contributed by atoms with Crippen molar-refractivity contribution in [1.29, 1.82) is 0 Å². The Morgan fingerprint density at radius 1 is 0.962 bits per heavy atom. The number of carboxylic acids is 1. The van der Waals surface area contributed by atoms with Gasteiger partial charge in [0.2, 0.25) is 5.91 Å². The van der Waals surface area contributed by atoms with Crippen molar-refractivity contribution < 1.29 is 20.0 Å². The van der Waals surface area contributed by atoms with Crippen LogP contribution >= 0.6 is 0 Å². The van der Waals surface area contributed by atoms with Gasteiger partial charge in [-0.3, -0.25) is 4.79 Å². The van der Waals surface area contributed by atoms with E-state index >= 15 is 0 Å². The third-order valence-corrected chi connectivity index (χ3v) is 3.83. The topological polar surface area (TPSA) is 97.9 Å². The van der Waals surface area contributed by atoms with E-state index in [2.05, 4.69) is 10.6 Å². The molecule has 1 amide bonds. The molecule has 4 N–H and O–H groups in total. The van der Waals surface area contributed by atoms with Crippen LogP contribution in [-0.2, 0) is 9.59 Å². The number of nitrogens with one attached hydrogen (secondary N) is 2. The van der Waals surface area contributed by atoms with E-state index in [1.54, 1.807) is 17.4 Å². The van der Waals surface area contributed by atoms with Gasteiger partial charge in [0.1, 0.15) is 6.04 Å². The van der Waals surface area contributed by atoms with Crippen molar-refractivity contribution >= 4 is 28.9 Å². The zero-order valence-electron chi connectivity index (χ0n) is 15.1. The second-order valence-electron chi connectivity index (χ2n) is 6.61. The third kappa shape index (κ3) is 6.57. The van der Waals surface area contributed by atoms with Gasteiger partial charge in [0.05, 0.1) is 18.9 Å². The summed E-state index contributed by atoms with van der Waals surface area (Å²) in [6, 6.07) is 16.1. The van der Waals surface area contributed by atoms with Gasteiger partial charge in [-0.1, -0.05) is 32.0 Å². The first-order valence-electron chi connectivity index (χ1n) is 8.70. The van der Waals surface area contributed by atoms with Gasteiger partial charge >= 0.3 is 0 Å². The highest BCUT2D eigenvalue weighted by molar-refractivity contribution is 5.93. The van der Waals surface area contributed by atoms with Crippen LogP contribution in [0, 0.1) is 5.92 Å². The molecule has 0 heterocycles. The molecule has 2 rings (SSSR count). The molecule has 0 unspecified atom stereocenters. The lowest BCUT2D eigenvalue weighted by Gasteiger charge is -2.17. The highest BCUT2D eigenvalue weighted by atomic mass is 16.4. The fraction of sp³-hybridized carbons (Fsp3) is 0.300. The Balaban J connectivity index is 1.89. The standard InChI is InChI=1S/C20H25N3O3/c1-14(2)13-21-18(20(25)26)12-19(24)23-17-10-8-16(9-11-17)22-15-6-4-3-5-7-15/h3-11,14,18,21-22H,12-13H2,1-2H3,(H,23,24)(H,25,26)/t18-/m0/s1. The molecule has 0 aliphatic rings. The van der Waals surface area contributed by atoms with Gasteiger partial charge in [-0.15, -0.1) is 0 Å². The maximum atomic E-state index is 12.1. The van der Waals surface area contributed by atoms with Gasteiger partial charge in [-0.25, -0.2) is 0 Å². The third-order valence-electron chi connectivity index (χ3n) is 3.83. The molecule has 0 saturated carbocycles. The summed E-state index contributed by atoms with van der Waals surface area (Å²) in [5, 5.41) is 18.8. The van der Waals surface area contributed by atoms with Crippen LogP contribution in [0.2, 0.25) is 0 Å². The Labute approximate surface area is 153 Å². The average molecular weight is 355 g/mol. The van der Waals surface area contributed by atoms with Crippen LogP contribution in [0.5, 0.6) is 0 Å². The van der Waals surface area contributed by atoms with Crippen molar-refractivity contribution in [3.05, 3.63) is 54.6 Å². The molecule has 6 heteroatoms. The minimum Gasteiger partial charge on any atom is -0.544 e. The van der Waals surface area contributed by atoms with Crippen LogP contribution in [-0.4, -0.2) is 24.5 Å². The summed E-state index contributed by atoms with van der Waals surface area (Å²) in [5.74, 6) is -1.23. The number of carboxylic acid groups (broad SMARTS) is 1. The SMILES string of the molecule is CC(C)C[NH2+][C@@H](CC(=O)Nc1ccc(Nc2ccccc2)cc1)C(=O)[O-]. The van der Waals surface area contributed by atoms with Gasteiger partial charge in [-0.05, 0) is 36.4 Å². The summed E-state index contributed by atoms with van der Waals surface area (Å²) in [4.78, 5) is 23.3. The smallest absolute Gasteiger partial charge is 0.230 e. The molecule has 0 aliphatic carbocycles. The van der Waals surface area contributed by atoms with Crippen LogP contribution in [0.25, 0.3) is 0 Å². The average Bonchev–Trinajstić information content (AvgIpc) is 2.61. The number of para-hydroxylation sites is 1. The van der Waals surface area contributed by atoms with E-state index in [0.717, 1.165) is 11.4 Å². The molecule has 1 atom stereocenters. The Hall–Kier alpha value is -2.86. The summed E-state index contributed by atoms with van der Waals surface area (Å²) in [7, 11) is 0. The number of amides is 1.